The first kappa shape index (κ1) is 18.6. The summed E-state index contributed by atoms with van der Waals surface area (Å²) >= 11 is 0. The molecule has 18 heavy (non-hydrogen) atoms. The topological polar surface area (TPSA) is 201 Å². The van der Waals surface area contributed by atoms with Crippen LogP contribution in [-0.2, 0) is 40.3 Å². The van der Waals surface area contributed by atoms with Gasteiger partial charge >= 0.3 is 31.7 Å². The number of hydrogen-bond acceptors (Lipinski definition) is 10. The first-order valence-electron chi connectivity index (χ1n) is 3.50. The molecule has 0 saturated heterocycles. The summed E-state index contributed by atoms with van der Waals surface area (Å²) in [6.07, 6.45) is 0. The maximum atomic E-state index is 11.2. The summed E-state index contributed by atoms with van der Waals surface area (Å²) in [7, 11) is -18.9. The Bertz CT molecular complexity index is 441. The van der Waals surface area contributed by atoms with Gasteiger partial charge in [0.2, 0.25) is 0 Å². The van der Waals surface area contributed by atoms with Gasteiger partial charge in [0.05, 0.1) is 0 Å². The van der Waals surface area contributed by atoms with E-state index in [-0.39, 0.29) is 0 Å². The van der Waals surface area contributed by atoms with Gasteiger partial charge in [-0.05, 0) is 0 Å². The van der Waals surface area contributed by atoms with Crippen molar-refractivity contribution in [2.45, 2.75) is 0 Å². The minimum Gasteiger partial charge on any atom is -0.326 e. The fourth-order valence-corrected chi connectivity index (χ4v) is 4.69. The SMILES string of the molecule is COP(=O)(O)OP(=O)(O)OP(=O)(ON)O[PH](=O)O. The molecule has 0 rings (SSSR count). The van der Waals surface area contributed by atoms with E-state index in [1.165, 1.54) is 0 Å². The molecular formula is CH9NO12P4. The number of phosphoric acid groups is 3. The molecule has 0 fully saturated rings. The Morgan fingerprint density at radius 2 is 1.61 bits per heavy atom. The van der Waals surface area contributed by atoms with Crippen molar-refractivity contribution in [2.75, 3.05) is 7.11 Å². The zero-order valence-corrected chi connectivity index (χ0v) is 12.1. The Morgan fingerprint density at radius 1 is 1.11 bits per heavy atom. The minimum atomic E-state index is -5.49. The lowest BCUT2D eigenvalue weighted by atomic mass is 11.8. The van der Waals surface area contributed by atoms with Crippen LogP contribution in [0.3, 0.4) is 0 Å². The van der Waals surface area contributed by atoms with Gasteiger partial charge in [0, 0.05) is 7.11 Å². The van der Waals surface area contributed by atoms with Crippen LogP contribution >= 0.6 is 31.7 Å². The van der Waals surface area contributed by atoms with Gasteiger partial charge in [-0.15, -0.1) is 0 Å². The summed E-state index contributed by atoms with van der Waals surface area (Å²) in [6.45, 7) is 0. The first-order chi connectivity index (χ1) is 7.95. The third-order valence-corrected chi connectivity index (χ3v) is 6.47. The van der Waals surface area contributed by atoms with E-state index in [9.17, 15) is 18.3 Å². The van der Waals surface area contributed by atoms with Crippen LogP contribution in [0, 0.1) is 0 Å². The number of nitrogens with two attached hydrogens (primary N) is 1. The predicted octanol–water partition coefficient (Wildman–Crippen LogP) is 0.264. The van der Waals surface area contributed by atoms with E-state index in [1.54, 1.807) is 0 Å². The zero-order valence-electron chi connectivity index (χ0n) is 8.43. The first-order valence-corrected chi connectivity index (χ1v) is 9.22. The van der Waals surface area contributed by atoms with Crippen LogP contribution in [0.5, 0.6) is 0 Å². The van der Waals surface area contributed by atoms with Gasteiger partial charge in [0.25, 0.3) is 0 Å². The van der Waals surface area contributed by atoms with Gasteiger partial charge in [-0.2, -0.15) is 8.62 Å². The quantitative estimate of drug-likeness (QED) is 0.343. The Kier molecular flexibility index (Phi) is 7.04. The summed E-state index contributed by atoms with van der Waals surface area (Å²) in [5.74, 6) is 4.36. The number of phosphoric ester groups is 1. The highest BCUT2D eigenvalue weighted by Crippen LogP contribution is 2.70. The smallest absolute Gasteiger partial charge is 0.326 e. The Balaban J connectivity index is 4.95. The van der Waals surface area contributed by atoms with E-state index in [0.717, 1.165) is 0 Å². The summed E-state index contributed by atoms with van der Waals surface area (Å²) in [4.78, 5) is 25.9. The molecule has 0 heterocycles. The molecule has 0 saturated carbocycles. The highest BCUT2D eigenvalue weighted by Gasteiger charge is 2.44. The summed E-state index contributed by atoms with van der Waals surface area (Å²) < 4.78 is 61.5. The van der Waals surface area contributed by atoms with Crippen LogP contribution in [0.25, 0.3) is 0 Å². The van der Waals surface area contributed by atoms with E-state index in [2.05, 4.69) is 28.0 Å². The monoisotopic (exact) mass is 351 g/mol. The van der Waals surface area contributed by atoms with Crippen LogP contribution in [0.15, 0.2) is 0 Å². The van der Waals surface area contributed by atoms with Crippen LogP contribution in [0.4, 0.5) is 0 Å². The maximum absolute atomic E-state index is 11.2. The molecule has 0 aliphatic carbocycles. The minimum absolute atomic E-state index is 0.656. The van der Waals surface area contributed by atoms with Gasteiger partial charge in [-0.3, -0.25) is 9.09 Å². The lowest BCUT2D eigenvalue weighted by Crippen LogP contribution is -2.02. The Hall–Kier alpha value is 0.560. The van der Waals surface area contributed by atoms with Crippen molar-refractivity contribution < 1.29 is 55.0 Å². The predicted molar refractivity (Wildman–Crippen MR) is 54.0 cm³/mol. The zero-order chi connectivity index (χ0) is 14.6. The Labute approximate surface area is 101 Å². The molecule has 0 aliphatic heterocycles. The van der Waals surface area contributed by atoms with E-state index in [0.29, 0.717) is 7.11 Å². The molecule has 0 bridgehead atoms. The van der Waals surface area contributed by atoms with E-state index < -0.39 is 31.7 Å². The molecule has 13 nitrogen and oxygen atoms in total. The molecule has 0 amide bonds. The van der Waals surface area contributed by atoms with Gasteiger partial charge in [0.1, 0.15) is 0 Å². The standard InChI is InChI=1S/CH9NO12P4/c1-10-16(5,6)13-17(7,8)14-18(9,11-2)12-15(3)4/h15H,2H2,1H3,(H,3,4)(H,5,6)(H,7,8). The molecule has 17 heteroatoms. The van der Waals surface area contributed by atoms with Gasteiger partial charge in [-0.1, -0.05) is 0 Å². The summed E-state index contributed by atoms with van der Waals surface area (Å²) in [5, 5.41) is 0. The fourth-order valence-electron chi connectivity index (χ4n) is 0.458. The lowest BCUT2D eigenvalue weighted by molar-refractivity contribution is 0.171. The number of rotatable bonds is 8. The van der Waals surface area contributed by atoms with E-state index in [1.807, 2.05) is 0 Å². The van der Waals surface area contributed by atoms with Gasteiger partial charge in [0.15, 0.2) is 0 Å². The third-order valence-electron chi connectivity index (χ3n) is 0.959. The molecule has 4 atom stereocenters. The molecule has 0 aromatic heterocycles. The van der Waals surface area contributed by atoms with Crippen LogP contribution in [0.1, 0.15) is 0 Å². The molecule has 110 valence electrons. The second kappa shape index (κ2) is 6.83. The largest absolute Gasteiger partial charge is 0.507 e. The molecule has 0 spiro atoms. The third kappa shape index (κ3) is 7.22. The van der Waals surface area contributed by atoms with Crippen molar-refractivity contribution in [3.05, 3.63) is 0 Å². The second-order valence-electron chi connectivity index (χ2n) is 2.19. The normalized spacial score (nSPS) is 23.6. The highest BCUT2D eigenvalue weighted by atomic mass is 31.3. The van der Waals surface area contributed by atoms with Crippen LogP contribution < -0.4 is 5.90 Å². The molecule has 0 aliphatic rings. The molecular weight excluding hydrogens is 342 g/mol. The molecule has 0 aromatic rings. The van der Waals surface area contributed by atoms with Crippen molar-refractivity contribution >= 4 is 31.7 Å². The van der Waals surface area contributed by atoms with Crippen LogP contribution in [0.2, 0.25) is 0 Å². The van der Waals surface area contributed by atoms with E-state index >= 15 is 0 Å². The average Bonchev–Trinajstić information content (AvgIpc) is 2.13. The lowest BCUT2D eigenvalue weighted by Gasteiger charge is -2.17. The van der Waals surface area contributed by atoms with Gasteiger partial charge < -0.3 is 14.7 Å². The molecule has 0 aromatic carbocycles. The van der Waals surface area contributed by atoms with Crippen LogP contribution in [-0.4, -0.2) is 21.8 Å². The highest BCUT2D eigenvalue weighted by molar-refractivity contribution is 7.68. The van der Waals surface area contributed by atoms with E-state index in [4.69, 9.17) is 14.7 Å². The molecule has 5 N–H and O–H groups in total. The van der Waals surface area contributed by atoms with Gasteiger partial charge in [-0.25, -0.2) is 28.5 Å². The summed E-state index contributed by atoms with van der Waals surface area (Å²) in [5.41, 5.74) is 0. The number of hydrogen-bond donors (Lipinski definition) is 4. The summed E-state index contributed by atoms with van der Waals surface area (Å²) in [6, 6.07) is 0. The molecule has 4 unspecified atom stereocenters. The second-order valence-corrected chi connectivity index (χ2v) is 8.11. The Morgan fingerprint density at radius 3 is 1.94 bits per heavy atom. The fraction of sp³-hybridized carbons (Fsp3) is 1.00. The average molecular weight is 351 g/mol. The molecule has 0 radical (unpaired) electrons. The van der Waals surface area contributed by atoms with Crippen molar-refractivity contribution in [1.82, 2.24) is 0 Å². The van der Waals surface area contributed by atoms with Crippen molar-refractivity contribution in [3.63, 3.8) is 0 Å². The van der Waals surface area contributed by atoms with Crippen molar-refractivity contribution in [2.24, 2.45) is 5.90 Å². The van der Waals surface area contributed by atoms with Crippen molar-refractivity contribution in [3.8, 4) is 0 Å². The maximum Gasteiger partial charge on any atom is 0.507 e. The van der Waals surface area contributed by atoms with Crippen molar-refractivity contribution in [1.29, 1.82) is 0 Å².